The number of phosphoric ester groups is 3. The average molecular weight is 1790 g/mol. The summed E-state index contributed by atoms with van der Waals surface area (Å²) in [5.74, 6) is -1.13. The predicted molar refractivity (Wildman–Crippen MR) is 487 cm³/mol. The van der Waals surface area contributed by atoms with Crippen LogP contribution >= 0.6 is 23.5 Å². The summed E-state index contributed by atoms with van der Waals surface area (Å²) in [6, 6.07) is 82.2. The summed E-state index contributed by atoms with van der Waals surface area (Å²) >= 11 is 0. The first-order valence-electron chi connectivity index (χ1n) is 45.0. The van der Waals surface area contributed by atoms with Gasteiger partial charge in [0.25, 0.3) is 0 Å². The molecule has 1 unspecified atom stereocenters. The van der Waals surface area contributed by atoms with Gasteiger partial charge < -0.3 is 33.7 Å². The van der Waals surface area contributed by atoms with Gasteiger partial charge in [-0.15, -0.1) is 0 Å². The number of amides is 1. The Balaban J connectivity index is 0.985. The van der Waals surface area contributed by atoms with Crippen LogP contribution in [0.1, 0.15) is 211 Å². The summed E-state index contributed by atoms with van der Waals surface area (Å²) in [7, 11) is -15.5. The number of unbranched alkanes of at least 4 members (excludes halogenated alkanes) is 20. The van der Waals surface area contributed by atoms with Gasteiger partial charge in [0.15, 0.2) is 6.10 Å². The molecule has 1 N–H and O–H groups in total. The van der Waals surface area contributed by atoms with Gasteiger partial charge in [-0.3, -0.25) is 50.3 Å². The fourth-order valence-corrected chi connectivity index (χ4v) is 18.5. The number of esters is 2. The molecule has 0 heterocycles. The molecular weight excluding hydrogens is 1660 g/mol. The van der Waals surface area contributed by atoms with Crippen molar-refractivity contribution >= 4 is 41.5 Å². The summed E-state index contributed by atoms with van der Waals surface area (Å²) in [4.78, 5) is 40.5. The first kappa shape index (κ1) is 99.6. The van der Waals surface area contributed by atoms with Crippen LogP contribution in [0.2, 0.25) is 0 Å². The molecule has 678 valence electrons. The van der Waals surface area contributed by atoms with E-state index in [0.717, 1.165) is 82.6 Å². The molecule has 0 saturated heterocycles. The number of hydrogen-bond acceptors (Lipinski definition) is 21. The van der Waals surface area contributed by atoms with Crippen LogP contribution in [0, 0.1) is 0 Å². The van der Waals surface area contributed by atoms with Crippen LogP contribution in [0.4, 0.5) is 4.79 Å². The number of rotatable bonds is 64. The van der Waals surface area contributed by atoms with Gasteiger partial charge >= 0.3 is 41.5 Å². The van der Waals surface area contributed by atoms with E-state index in [-0.39, 0.29) is 65.7 Å². The lowest BCUT2D eigenvalue weighted by Crippen LogP contribution is -2.67. The Morgan fingerprint density at radius 3 is 0.825 bits per heavy atom. The van der Waals surface area contributed by atoms with Crippen molar-refractivity contribution in [2.75, 3.05) is 19.8 Å². The van der Waals surface area contributed by atoms with E-state index in [2.05, 4.69) is 12.2 Å². The topological polar surface area (TPSA) is 253 Å². The molecule has 0 aromatic heterocycles. The number of phosphoric acid groups is 3. The van der Waals surface area contributed by atoms with E-state index in [1.807, 2.05) is 176 Å². The summed E-state index contributed by atoms with van der Waals surface area (Å²) in [6.07, 6.45) is 10.1. The molecule has 25 heteroatoms. The third kappa shape index (κ3) is 38.8. The lowest BCUT2D eigenvalue weighted by molar-refractivity contribution is -0.255. The van der Waals surface area contributed by atoms with Gasteiger partial charge in [0.1, 0.15) is 49.8 Å². The molecule has 1 saturated carbocycles. The normalized spacial score (nSPS) is 16.6. The first-order valence-corrected chi connectivity index (χ1v) is 49.3. The largest absolute Gasteiger partial charge is 0.475 e. The van der Waals surface area contributed by atoms with Crippen molar-refractivity contribution in [3.8, 4) is 0 Å². The van der Waals surface area contributed by atoms with Gasteiger partial charge in [-0.25, -0.2) is 18.5 Å². The van der Waals surface area contributed by atoms with Crippen LogP contribution < -0.4 is 5.32 Å². The number of alkyl carbamates (subject to hydrolysis) is 1. The zero-order valence-corrected chi connectivity index (χ0v) is 75.6. The lowest BCUT2D eigenvalue weighted by Gasteiger charge is -2.50. The van der Waals surface area contributed by atoms with Gasteiger partial charge in [0.05, 0.1) is 59.5 Å². The molecule has 8 atom stereocenters. The summed E-state index contributed by atoms with van der Waals surface area (Å²) in [5, 5.41) is 2.84. The zero-order chi connectivity index (χ0) is 88.1. The fraction of sp³-hybridized carbons (Fsp3) is 0.436. The molecule has 126 heavy (non-hydrogen) atoms. The van der Waals surface area contributed by atoms with Crippen LogP contribution in [0.3, 0.4) is 0 Å². The van der Waals surface area contributed by atoms with Gasteiger partial charge in [0, 0.05) is 19.4 Å². The fourth-order valence-electron chi connectivity index (χ4n) is 14.4. The Kier molecular flexibility index (Phi) is 45.9. The summed E-state index contributed by atoms with van der Waals surface area (Å²) < 4.78 is 150. The van der Waals surface area contributed by atoms with Crippen molar-refractivity contribution in [2.45, 2.75) is 263 Å². The second kappa shape index (κ2) is 58.1. The van der Waals surface area contributed by atoms with Crippen LogP contribution in [0.25, 0.3) is 0 Å². The summed E-state index contributed by atoms with van der Waals surface area (Å²) in [6.45, 7) is -0.521. The van der Waals surface area contributed by atoms with Crippen molar-refractivity contribution in [1.82, 2.24) is 5.32 Å². The number of hydrogen-bond donors (Lipinski definition) is 1. The molecule has 1 fully saturated rings. The average Bonchev–Trinajstić information content (AvgIpc) is 0.744. The zero-order valence-electron chi connectivity index (χ0n) is 72.9. The number of carbonyl (C=O) groups excluding carboxylic acids is 3. The van der Waals surface area contributed by atoms with Crippen molar-refractivity contribution < 1.29 is 97.2 Å². The van der Waals surface area contributed by atoms with E-state index in [0.29, 0.717) is 63.9 Å². The van der Waals surface area contributed by atoms with E-state index < -0.39 is 104 Å². The number of carbonyl (C=O) groups is 3. The van der Waals surface area contributed by atoms with Crippen molar-refractivity contribution in [1.29, 1.82) is 0 Å². The molecule has 0 bridgehead atoms. The summed E-state index contributed by atoms with van der Waals surface area (Å²) in [5.41, 5.74) is 5.79. The number of nitrogens with one attached hydrogen (secondary N) is 1. The minimum Gasteiger partial charge on any atom is -0.462 e. The van der Waals surface area contributed by atoms with Crippen molar-refractivity contribution in [3.63, 3.8) is 0 Å². The molecule has 0 spiro atoms. The van der Waals surface area contributed by atoms with Crippen LogP contribution in [0.5, 0.6) is 0 Å². The van der Waals surface area contributed by atoms with Gasteiger partial charge in [-0.1, -0.05) is 402 Å². The maximum Gasteiger partial charge on any atom is 0.475 e. The van der Waals surface area contributed by atoms with Crippen LogP contribution in [0.15, 0.2) is 273 Å². The van der Waals surface area contributed by atoms with Crippen molar-refractivity contribution in [3.05, 3.63) is 323 Å². The van der Waals surface area contributed by atoms with E-state index in [4.69, 9.17) is 69.1 Å². The first-order chi connectivity index (χ1) is 61.8. The second-order valence-electron chi connectivity index (χ2n) is 31.6. The Morgan fingerprint density at radius 2 is 0.516 bits per heavy atom. The third-order valence-corrected chi connectivity index (χ3v) is 25.6. The third-order valence-electron chi connectivity index (χ3n) is 21.4. The SMILES string of the molecule is CCCCCCCCCCCCCCCC(=O)O[C@H](COC(=O)CCCCCCCCCCCNC(=O)OCc1ccccc1)COP(=O)(OCc1ccccc1)O[C@@H]1[C@H](OCc2ccccc2)[C@H](OCc2ccccc2)[C@@H](OP(=O)(OCc2ccccc2)OCc2ccccc2)[C@H](OP(=O)(OCc2ccccc2)OCc2ccccc2)[C@H]1OCc1ccccc1. The molecule has 10 rings (SSSR count). The van der Waals surface area contributed by atoms with Crippen LogP contribution in [-0.2, 0) is 152 Å². The van der Waals surface area contributed by atoms with E-state index in [1.165, 1.54) is 51.4 Å². The molecule has 0 aliphatic heterocycles. The van der Waals surface area contributed by atoms with Gasteiger partial charge in [-0.05, 0) is 69.3 Å². The Hall–Kier alpha value is -8.60. The Morgan fingerprint density at radius 1 is 0.270 bits per heavy atom. The lowest BCUT2D eigenvalue weighted by atomic mass is 9.84. The van der Waals surface area contributed by atoms with E-state index in [9.17, 15) is 14.4 Å². The smallest absolute Gasteiger partial charge is 0.462 e. The standard InChI is InChI=1S/C101H128NO21P3/c1-2-3-4-5-6-7-8-9-10-12-16-19-49-70-94(104)120-92(81-109-93(103)69-48-18-15-13-11-14-17-20-50-71-102-101(105)113-75-86-57-36-24-37-58-86)82-119-126(108,118-80-91-67-46-29-47-68-91)121-98-95(110-72-83-51-30-21-31-52-83)96(111-73-84-53-32-22-33-54-84)99(122-124(106,114-76-87-59-38-25-39-60-87)115-77-88-61-40-26-41-62-88)100(97(98)112-74-85-55-34-23-35-56-85)123-125(107,116-78-89-63-42-27-43-64-89)117-79-90-65-44-28-45-66-90/h21-47,51-68,92,95-100H,2-20,48-50,69-82H2,1H3,(H,102,105)/t92-,95-,96+,97+,98-,99-,100-,126?/m1/s1. The molecule has 1 amide bonds. The quantitative estimate of drug-likeness (QED) is 0.0161. The minimum absolute atomic E-state index is 0.0392. The van der Waals surface area contributed by atoms with E-state index >= 15 is 13.7 Å². The van der Waals surface area contributed by atoms with Crippen molar-refractivity contribution in [2.24, 2.45) is 0 Å². The molecule has 9 aromatic rings. The Labute approximate surface area is 745 Å². The highest BCUT2D eigenvalue weighted by molar-refractivity contribution is 7.49. The molecule has 1 aliphatic carbocycles. The predicted octanol–water partition coefficient (Wildman–Crippen LogP) is 25.1. The second-order valence-corrected chi connectivity index (χ2v) is 36.5. The van der Waals surface area contributed by atoms with Gasteiger partial charge in [-0.2, -0.15) is 0 Å². The highest BCUT2D eigenvalue weighted by atomic mass is 31.2. The van der Waals surface area contributed by atoms with E-state index in [1.54, 1.807) is 97.1 Å². The minimum atomic E-state index is -5.31. The maximum atomic E-state index is 17.0. The maximum absolute atomic E-state index is 17.0. The molecule has 22 nitrogen and oxygen atoms in total. The number of benzene rings is 9. The molecular formula is C101H128NO21P3. The van der Waals surface area contributed by atoms with Crippen LogP contribution in [-0.4, -0.2) is 80.5 Å². The highest BCUT2D eigenvalue weighted by Crippen LogP contribution is 2.61. The molecule has 1 aliphatic rings. The molecule has 0 radical (unpaired) electrons. The Bertz CT molecular complexity index is 4470. The van der Waals surface area contributed by atoms with Gasteiger partial charge in [0.2, 0.25) is 0 Å². The monoisotopic (exact) mass is 1780 g/mol. The molecule has 9 aromatic carbocycles. The number of ether oxygens (including phenoxy) is 6. The highest BCUT2D eigenvalue weighted by Gasteiger charge is 2.61.